The lowest BCUT2D eigenvalue weighted by Gasteiger charge is -2.14. The molecule has 2 atom stereocenters. The van der Waals surface area contributed by atoms with Crippen LogP contribution in [0.2, 0.25) is 0 Å². The number of para-hydroxylation sites is 2. The third kappa shape index (κ3) is 10.0. The van der Waals surface area contributed by atoms with Gasteiger partial charge in [-0.3, -0.25) is 9.59 Å². The fourth-order valence-corrected chi connectivity index (χ4v) is 6.19. The Bertz CT molecular complexity index is 2890. The molecule has 0 spiro atoms. The van der Waals surface area contributed by atoms with Gasteiger partial charge in [0.1, 0.15) is 11.4 Å². The second-order valence-electron chi connectivity index (χ2n) is 13.1. The Morgan fingerprint density at radius 3 is 1.62 bits per heavy atom. The van der Waals surface area contributed by atoms with Crippen LogP contribution in [0.5, 0.6) is 0 Å². The van der Waals surface area contributed by atoms with Gasteiger partial charge in [0.2, 0.25) is 0 Å². The smallest absolute Gasteiger partial charge is 0.269 e. The molecule has 15 heteroatoms. The summed E-state index contributed by atoms with van der Waals surface area (Å²) < 4.78 is 4.51. The van der Waals surface area contributed by atoms with Gasteiger partial charge in [-0.05, 0) is 109 Å². The second kappa shape index (κ2) is 19.0. The maximum absolute atomic E-state index is 11.8. The minimum Gasteiger partial charge on any atom is -0.372 e. The van der Waals surface area contributed by atoms with Gasteiger partial charge in [0.25, 0.3) is 11.8 Å². The van der Waals surface area contributed by atoms with E-state index in [2.05, 4.69) is 70.9 Å². The average Bonchev–Trinajstić information content (AvgIpc) is 3.85. The van der Waals surface area contributed by atoms with Crippen molar-refractivity contribution in [3.8, 4) is 35.6 Å². The van der Waals surface area contributed by atoms with Gasteiger partial charge in [0, 0.05) is 32.3 Å². The number of primary amides is 2. The van der Waals surface area contributed by atoms with Crippen LogP contribution in [0.25, 0.3) is 33.2 Å². The molecule has 0 unspecified atom stereocenters. The third-order valence-electron chi connectivity index (χ3n) is 8.66. The van der Waals surface area contributed by atoms with Crippen LogP contribution in [0.1, 0.15) is 59.2 Å². The van der Waals surface area contributed by atoms with Crippen molar-refractivity contribution >= 4 is 56.2 Å². The Balaban J connectivity index is 0.000000189. The van der Waals surface area contributed by atoms with Crippen LogP contribution in [0, 0.1) is 27.8 Å². The zero-order valence-corrected chi connectivity index (χ0v) is 33.8. The lowest BCUT2D eigenvalue weighted by molar-refractivity contribution is 0.0988. The number of terminal acetylenes is 1. The van der Waals surface area contributed by atoms with E-state index in [-0.39, 0.29) is 13.1 Å². The summed E-state index contributed by atoms with van der Waals surface area (Å²) >= 11 is 2.24. The van der Waals surface area contributed by atoms with Crippen molar-refractivity contribution in [2.75, 3.05) is 0 Å². The van der Waals surface area contributed by atoms with E-state index in [1.807, 2.05) is 91.0 Å². The largest absolute Gasteiger partial charge is 0.372 e. The molecule has 0 bridgehead atoms. The zero-order valence-electron chi connectivity index (χ0n) is 31.6. The van der Waals surface area contributed by atoms with Crippen LogP contribution >= 0.6 is 22.6 Å². The van der Waals surface area contributed by atoms with Crippen LogP contribution in [0.3, 0.4) is 0 Å². The molecule has 4 aromatic heterocycles. The topological polar surface area (TPSA) is 214 Å². The number of hydrogen-bond donors (Lipinski definition) is 4. The molecule has 300 valence electrons. The van der Waals surface area contributed by atoms with Crippen LogP contribution in [-0.2, 0) is 11.2 Å². The summed E-state index contributed by atoms with van der Waals surface area (Å²) in [6.07, 6.45) is 8.13. The second-order valence-corrected chi connectivity index (χ2v) is 14.3. The molecule has 0 aliphatic heterocycles. The molecule has 8 rings (SSSR count). The molecule has 0 radical (unpaired) electrons. The highest BCUT2D eigenvalue weighted by atomic mass is 127. The number of halogens is 1. The number of aliphatic hydroxyl groups is 2. The van der Waals surface area contributed by atoms with Crippen molar-refractivity contribution in [1.29, 1.82) is 0 Å². The summed E-state index contributed by atoms with van der Waals surface area (Å²) in [5.41, 5.74) is 13.3. The number of rotatable bonds is 6. The van der Waals surface area contributed by atoms with Crippen molar-refractivity contribution in [2.45, 2.75) is 32.5 Å². The number of nitrogens with zero attached hydrogens (tertiary/aromatic N) is 8. The van der Waals surface area contributed by atoms with E-state index < -0.39 is 23.0 Å². The van der Waals surface area contributed by atoms with E-state index in [1.54, 1.807) is 46.6 Å². The van der Waals surface area contributed by atoms with Gasteiger partial charge in [0.15, 0.2) is 22.6 Å². The molecule has 8 aromatic rings. The Kier molecular flexibility index (Phi) is 13.8. The molecule has 0 fully saturated rings. The molecule has 4 heterocycles. The first-order valence-corrected chi connectivity index (χ1v) is 18.8. The molecule has 6 N–H and O–H groups in total. The minimum atomic E-state index is -1.44. The summed E-state index contributed by atoms with van der Waals surface area (Å²) in [6, 6.07) is 36.9. The fourth-order valence-electron chi connectivity index (χ4n) is 5.67. The van der Waals surface area contributed by atoms with Gasteiger partial charge in [-0.1, -0.05) is 73.7 Å². The van der Waals surface area contributed by atoms with Crippen molar-refractivity contribution in [1.82, 2.24) is 40.0 Å². The standard InChI is InChI=1S/C22H17N5O2.C14H10IN3O.C8H8N2O.CH4/c1-22(29,19-10-5-13-24-25-19)12-11-15-6-4-7-16(14-15)27-18-9-3-2-8-17(18)20(26-27)21(23)28;15-9-4-3-5-10(8-9)18-12-7-2-1-6-11(12)13(17-18)14(16)19;1-3-8(2,11)7-5-4-6-9-10-7;/h2-10,13-14,29H,1H3,(H2,23,28);1-8H,(H2,16,19);1,4-6,11H,2H3;1H4/t22-;;8-;/m1.1./s1. The van der Waals surface area contributed by atoms with Crippen LogP contribution < -0.4 is 11.5 Å². The van der Waals surface area contributed by atoms with E-state index in [4.69, 9.17) is 17.9 Å². The normalized spacial score (nSPS) is 12.3. The van der Waals surface area contributed by atoms with Crippen LogP contribution in [-0.4, -0.2) is 62.0 Å². The molecule has 0 saturated carbocycles. The van der Waals surface area contributed by atoms with Gasteiger partial charge in [-0.15, -0.1) is 6.42 Å². The highest BCUT2D eigenvalue weighted by molar-refractivity contribution is 14.1. The first-order valence-electron chi connectivity index (χ1n) is 17.7. The number of carbonyl (C=O) groups is 2. The van der Waals surface area contributed by atoms with E-state index in [0.717, 1.165) is 31.4 Å². The predicted molar refractivity (Wildman–Crippen MR) is 238 cm³/mol. The van der Waals surface area contributed by atoms with Gasteiger partial charge < -0.3 is 21.7 Å². The quantitative estimate of drug-likeness (QED) is 0.115. The SMILES string of the molecule is C.C#C[C@@](C)(O)c1cccnn1.C[C@@](O)(C#Cc1cccc(-n2nc(C(N)=O)c3ccccc32)c1)c1cccnn1.NC(=O)c1nn(-c2cccc(I)c2)c2ccccc12. The Morgan fingerprint density at radius 1 is 0.667 bits per heavy atom. The first-order chi connectivity index (χ1) is 28.3. The number of hydrogen-bond acceptors (Lipinski definition) is 10. The number of aromatic nitrogens is 8. The molecule has 2 amide bonds. The predicted octanol–water partition coefficient (Wildman–Crippen LogP) is 5.86. The lowest BCUT2D eigenvalue weighted by atomic mass is 10.0. The highest BCUT2D eigenvalue weighted by Gasteiger charge is 2.23. The average molecular weight is 911 g/mol. The lowest BCUT2D eigenvalue weighted by Crippen LogP contribution is -2.20. The molecule has 0 aliphatic rings. The summed E-state index contributed by atoms with van der Waals surface area (Å²) in [4.78, 5) is 23.2. The Morgan fingerprint density at radius 2 is 1.15 bits per heavy atom. The van der Waals surface area contributed by atoms with Crippen molar-refractivity contribution in [3.63, 3.8) is 0 Å². The van der Waals surface area contributed by atoms with E-state index in [9.17, 15) is 19.8 Å². The first kappa shape index (κ1) is 43.8. The molecule has 14 nitrogen and oxygen atoms in total. The zero-order chi connectivity index (χ0) is 42.2. The highest BCUT2D eigenvalue weighted by Crippen LogP contribution is 2.24. The number of amides is 2. The van der Waals surface area contributed by atoms with Crippen molar-refractivity contribution in [2.24, 2.45) is 11.5 Å². The molecule has 60 heavy (non-hydrogen) atoms. The third-order valence-corrected chi connectivity index (χ3v) is 9.33. The molecular formula is C45H39IN10O4. The number of benzene rings is 4. The van der Waals surface area contributed by atoms with E-state index in [1.165, 1.54) is 19.3 Å². The molecular weight excluding hydrogens is 871 g/mol. The van der Waals surface area contributed by atoms with Gasteiger partial charge in [-0.2, -0.15) is 30.6 Å². The van der Waals surface area contributed by atoms with Gasteiger partial charge in [-0.25, -0.2) is 9.36 Å². The Hall–Kier alpha value is -7.31. The summed E-state index contributed by atoms with van der Waals surface area (Å²) in [6.45, 7) is 3.06. The van der Waals surface area contributed by atoms with Crippen molar-refractivity contribution in [3.05, 3.63) is 166 Å². The van der Waals surface area contributed by atoms with E-state index in [0.29, 0.717) is 28.0 Å². The monoisotopic (exact) mass is 910 g/mol. The van der Waals surface area contributed by atoms with Gasteiger partial charge in [0.05, 0.1) is 22.4 Å². The molecule has 0 aliphatic carbocycles. The summed E-state index contributed by atoms with van der Waals surface area (Å²) in [7, 11) is 0. The van der Waals surface area contributed by atoms with E-state index >= 15 is 0 Å². The molecule has 0 saturated heterocycles. The Labute approximate surface area is 359 Å². The fraction of sp³-hybridized carbons (Fsp3) is 0.111. The maximum atomic E-state index is 11.8. The van der Waals surface area contributed by atoms with Crippen molar-refractivity contribution < 1.29 is 19.8 Å². The number of carbonyl (C=O) groups excluding carboxylic acids is 2. The number of nitrogens with two attached hydrogens (primary N) is 2. The maximum Gasteiger partial charge on any atom is 0.269 e. The number of fused-ring (bicyclic) bond motifs is 2. The van der Waals surface area contributed by atoms with Crippen LogP contribution in [0.15, 0.2) is 134 Å². The molecule has 4 aromatic carbocycles. The minimum absolute atomic E-state index is 0. The summed E-state index contributed by atoms with van der Waals surface area (Å²) in [5, 5.41) is 45.2. The summed E-state index contributed by atoms with van der Waals surface area (Å²) in [5.74, 6) is 6.91. The van der Waals surface area contributed by atoms with Gasteiger partial charge >= 0.3 is 0 Å². The van der Waals surface area contributed by atoms with Crippen LogP contribution in [0.4, 0.5) is 0 Å².